The molecule has 3 rings (SSSR count). The Bertz CT molecular complexity index is 614. The second-order valence-electron chi connectivity index (χ2n) is 6.55. The molecular weight excluding hydrogens is 310 g/mol. The minimum Gasteiger partial charge on any atom is -0.374 e. The van der Waals surface area contributed by atoms with Crippen LogP contribution in [0.1, 0.15) is 30.1 Å². The first-order valence-electron chi connectivity index (χ1n) is 8.44. The molecule has 2 heterocycles. The third kappa shape index (κ3) is 3.91. The van der Waals surface area contributed by atoms with Gasteiger partial charge in [-0.3, -0.25) is 19.8 Å². The molecule has 2 aliphatic rings. The summed E-state index contributed by atoms with van der Waals surface area (Å²) < 4.78 is 5.86. The molecule has 7 heteroatoms. The van der Waals surface area contributed by atoms with Crippen LogP contribution < -0.4 is 0 Å². The molecule has 24 heavy (non-hydrogen) atoms. The smallest absolute Gasteiger partial charge is 0.270 e. The van der Waals surface area contributed by atoms with Gasteiger partial charge in [-0.25, -0.2) is 0 Å². The normalized spacial score (nSPS) is 25.0. The topological polar surface area (TPSA) is 75.9 Å². The number of nitro groups is 1. The lowest BCUT2D eigenvalue weighted by Gasteiger charge is -2.35. The zero-order valence-corrected chi connectivity index (χ0v) is 13.9. The highest BCUT2D eigenvalue weighted by Crippen LogP contribution is 2.21. The highest BCUT2D eigenvalue weighted by atomic mass is 16.6. The summed E-state index contributed by atoms with van der Waals surface area (Å²) in [5.41, 5.74) is 0.331. The Morgan fingerprint density at radius 1 is 1.29 bits per heavy atom. The highest BCUT2D eigenvalue weighted by Gasteiger charge is 2.27. The molecule has 0 radical (unpaired) electrons. The molecule has 2 saturated heterocycles. The van der Waals surface area contributed by atoms with Gasteiger partial charge in [-0.1, -0.05) is 6.07 Å². The zero-order chi connectivity index (χ0) is 17.1. The summed E-state index contributed by atoms with van der Waals surface area (Å²) in [5, 5.41) is 10.8. The Hall–Kier alpha value is -1.99. The molecule has 0 saturated carbocycles. The first kappa shape index (κ1) is 16.9. The van der Waals surface area contributed by atoms with Gasteiger partial charge in [0.2, 0.25) is 0 Å². The van der Waals surface area contributed by atoms with Crippen LogP contribution in [0.25, 0.3) is 0 Å². The Morgan fingerprint density at radius 2 is 2.04 bits per heavy atom. The van der Waals surface area contributed by atoms with Crippen LogP contribution in [0.4, 0.5) is 5.69 Å². The first-order chi connectivity index (χ1) is 11.5. The summed E-state index contributed by atoms with van der Waals surface area (Å²) in [6, 6.07) is 5.94. The van der Waals surface area contributed by atoms with Gasteiger partial charge >= 0.3 is 0 Å². The lowest BCUT2D eigenvalue weighted by molar-refractivity contribution is -0.384. The fourth-order valence-corrected chi connectivity index (χ4v) is 3.38. The lowest BCUT2D eigenvalue weighted by atomic mass is 10.1. The number of rotatable bonds is 4. The van der Waals surface area contributed by atoms with Crippen molar-refractivity contribution in [3.05, 3.63) is 39.9 Å². The molecule has 0 spiro atoms. The van der Waals surface area contributed by atoms with E-state index >= 15 is 0 Å². The van der Waals surface area contributed by atoms with E-state index in [-0.39, 0.29) is 11.6 Å². The molecule has 0 aliphatic carbocycles. The second-order valence-corrected chi connectivity index (χ2v) is 6.55. The van der Waals surface area contributed by atoms with E-state index in [0.29, 0.717) is 30.9 Å². The quantitative estimate of drug-likeness (QED) is 0.621. The van der Waals surface area contributed by atoms with Gasteiger partial charge in [0.15, 0.2) is 0 Å². The fourth-order valence-electron chi connectivity index (χ4n) is 3.38. The predicted octanol–water partition coefficient (Wildman–Crippen LogP) is 1.92. The van der Waals surface area contributed by atoms with Gasteiger partial charge in [-0.15, -0.1) is 0 Å². The van der Waals surface area contributed by atoms with Gasteiger partial charge in [0.05, 0.1) is 17.1 Å². The van der Waals surface area contributed by atoms with Gasteiger partial charge in [0, 0.05) is 50.4 Å². The van der Waals surface area contributed by atoms with Gasteiger partial charge in [0.1, 0.15) is 0 Å². The number of carbonyl (C=O) groups excluding carboxylic acids is 1. The van der Waals surface area contributed by atoms with Crippen molar-refractivity contribution >= 4 is 11.6 Å². The van der Waals surface area contributed by atoms with Crippen molar-refractivity contribution in [2.75, 3.05) is 32.7 Å². The third-order valence-corrected chi connectivity index (χ3v) is 4.75. The first-order valence-corrected chi connectivity index (χ1v) is 8.44. The second kappa shape index (κ2) is 7.27. The van der Waals surface area contributed by atoms with Gasteiger partial charge in [-0.05, 0) is 25.8 Å². The van der Waals surface area contributed by atoms with Crippen LogP contribution in [-0.2, 0) is 4.74 Å². The Kier molecular flexibility index (Phi) is 5.11. The number of ether oxygens (including phenoxy) is 1. The summed E-state index contributed by atoms with van der Waals surface area (Å²) in [6.45, 7) is 5.94. The zero-order valence-electron chi connectivity index (χ0n) is 13.9. The minimum absolute atomic E-state index is 0.0491. The molecule has 2 atom stereocenters. The van der Waals surface area contributed by atoms with E-state index in [0.717, 1.165) is 32.5 Å². The maximum Gasteiger partial charge on any atom is 0.270 e. The number of hydrogen-bond donors (Lipinski definition) is 0. The van der Waals surface area contributed by atoms with Crippen molar-refractivity contribution < 1.29 is 14.5 Å². The van der Waals surface area contributed by atoms with E-state index in [1.54, 1.807) is 17.0 Å². The van der Waals surface area contributed by atoms with Crippen LogP contribution in [0.15, 0.2) is 24.3 Å². The van der Waals surface area contributed by atoms with Crippen molar-refractivity contribution in [3.8, 4) is 0 Å². The monoisotopic (exact) mass is 333 g/mol. The minimum atomic E-state index is -0.475. The van der Waals surface area contributed by atoms with Crippen molar-refractivity contribution in [2.24, 2.45) is 0 Å². The van der Waals surface area contributed by atoms with Crippen molar-refractivity contribution in [3.63, 3.8) is 0 Å². The summed E-state index contributed by atoms with van der Waals surface area (Å²) in [4.78, 5) is 27.0. The Labute approximate surface area is 141 Å². The molecule has 0 N–H and O–H groups in total. The van der Waals surface area contributed by atoms with E-state index in [1.807, 2.05) is 0 Å². The van der Waals surface area contributed by atoms with Crippen LogP contribution in [-0.4, -0.2) is 65.6 Å². The predicted molar refractivity (Wildman–Crippen MR) is 89.0 cm³/mol. The maximum atomic E-state index is 12.5. The Balaban J connectivity index is 1.53. The molecule has 1 aromatic carbocycles. The number of benzene rings is 1. The van der Waals surface area contributed by atoms with Crippen LogP contribution in [0.3, 0.4) is 0 Å². The van der Waals surface area contributed by atoms with Crippen LogP contribution in [0.2, 0.25) is 0 Å². The van der Waals surface area contributed by atoms with E-state index in [4.69, 9.17) is 4.74 Å². The highest BCUT2D eigenvalue weighted by molar-refractivity contribution is 5.94. The lowest BCUT2D eigenvalue weighted by Crippen LogP contribution is -2.50. The SMILES string of the molecule is C[C@H]1CC[C@@H](CN2CCN(C(=O)c3cccc([N+](=O)[O-])c3)CC2)O1. The van der Waals surface area contributed by atoms with E-state index < -0.39 is 4.92 Å². The number of non-ortho nitro benzene ring substituents is 1. The van der Waals surface area contributed by atoms with Gasteiger partial charge in [0.25, 0.3) is 11.6 Å². The molecule has 130 valence electrons. The number of amides is 1. The van der Waals surface area contributed by atoms with Crippen molar-refractivity contribution in [1.82, 2.24) is 9.80 Å². The molecule has 0 bridgehead atoms. The van der Waals surface area contributed by atoms with E-state index in [9.17, 15) is 14.9 Å². The van der Waals surface area contributed by atoms with E-state index in [2.05, 4.69) is 11.8 Å². The average Bonchev–Trinajstić information content (AvgIpc) is 3.00. The summed E-state index contributed by atoms with van der Waals surface area (Å²) >= 11 is 0. The largest absolute Gasteiger partial charge is 0.374 e. The summed E-state index contributed by atoms with van der Waals surface area (Å²) in [7, 11) is 0. The summed E-state index contributed by atoms with van der Waals surface area (Å²) in [6.07, 6.45) is 2.88. The molecular formula is C17H23N3O4. The summed E-state index contributed by atoms with van der Waals surface area (Å²) in [5.74, 6) is -0.135. The van der Waals surface area contributed by atoms with E-state index in [1.165, 1.54) is 12.1 Å². The molecule has 0 aromatic heterocycles. The number of nitrogens with zero attached hydrogens (tertiary/aromatic N) is 3. The fraction of sp³-hybridized carbons (Fsp3) is 0.588. The number of piperazine rings is 1. The molecule has 1 aromatic rings. The number of carbonyl (C=O) groups is 1. The number of nitro benzene ring substituents is 1. The third-order valence-electron chi connectivity index (χ3n) is 4.75. The molecule has 7 nitrogen and oxygen atoms in total. The molecule has 1 amide bonds. The van der Waals surface area contributed by atoms with Crippen molar-refractivity contribution in [2.45, 2.75) is 32.0 Å². The van der Waals surface area contributed by atoms with Gasteiger partial charge in [-0.2, -0.15) is 0 Å². The maximum absolute atomic E-state index is 12.5. The standard InChI is InChI=1S/C17H23N3O4/c1-13-5-6-16(24-13)12-18-7-9-19(10-8-18)17(21)14-3-2-4-15(11-14)20(22)23/h2-4,11,13,16H,5-10,12H2,1H3/t13-,16-/m0/s1. The van der Waals surface area contributed by atoms with Crippen LogP contribution >= 0.6 is 0 Å². The molecule has 2 fully saturated rings. The molecule has 0 unspecified atom stereocenters. The number of hydrogen-bond acceptors (Lipinski definition) is 5. The van der Waals surface area contributed by atoms with Crippen LogP contribution in [0.5, 0.6) is 0 Å². The van der Waals surface area contributed by atoms with Gasteiger partial charge < -0.3 is 9.64 Å². The van der Waals surface area contributed by atoms with Crippen molar-refractivity contribution in [1.29, 1.82) is 0 Å². The molecule has 2 aliphatic heterocycles. The average molecular weight is 333 g/mol. The Morgan fingerprint density at radius 3 is 2.67 bits per heavy atom. The van der Waals surface area contributed by atoms with Crippen LogP contribution in [0, 0.1) is 10.1 Å².